The minimum atomic E-state index is -1.04. The fourth-order valence-corrected chi connectivity index (χ4v) is 3.19. The lowest BCUT2D eigenvalue weighted by atomic mass is 9.96. The summed E-state index contributed by atoms with van der Waals surface area (Å²) in [4.78, 5) is 15.6. The number of benzene rings is 2. The molecule has 0 saturated heterocycles. The van der Waals surface area contributed by atoms with Crippen LogP contribution in [0, 0.1) is 5.92 Å². The van der Waals surface area contributed by atoms with Gasteiger partial charge in [0.15, 0.2) is 0 Å². The molecule has 0 radical (unpaired) electrons. The average Bonchev–Trinajstić information content (AvgIpc) is 2.72. The van der Waals surface area contributed by atoms with Gasteiger partial charge in [0, 0.05) is 15.6 Å². The second kappa shape index (κ2) is 9.02. The van der Waals surface area contributed by atoms with E-state index in [-0.39, 0.29) is 5.69 Å². The van der Waals surface area contributed by atoms with Gasteiger partial charge >= 0.3 is 5.97 Å². The van der Waals surface area contributed by atoms with Crippen molar-refractivity contribution in [3.8, 4) is 28.1 Å². The third-order valence-corrected chi connectivity index (χ3v) is 5.12. The van der Waals surface area contributed by atoms with Gasteiger partial charge in [-0.1, -0.05) is 66.5 Å². The van der Waals surface area contributed by atoms with Gasteiger partial charge in [-0.3, -0.25) is 0 Å². The lowest BCUT2D eigenvalue weighted by Gasteiger charge is -2.17. The minimum absolute atomic E-state index is 0.0230. The minimum Gasteiger partial charge on any atom is -0.493 e. The lowest BCUT2D eigenvalue weighted by molar-refractivity contribution is 0.0690. The summed E-state index contributed by atoms with van der Waals surface area (Å²) in [6.07, 6.45) is 1.05. The summed E-state index contributed by atoms with van der Waals surface area (Å²) < 4.78 is 7.06. The third-order valence-electron chi connectivity index (χ3n) is 4.62. The Balaban J connectivity index is 2.09. The van der Waals surface area contributed by atoms with Crippen LogP contribution in [0.5, 0.6) is 5.75 Å². The van der Waals surface area contributed by atoms with Crippen LogP contribution in [0.1, 0.15) is 30.8 Å². The fourth-order valence-electron chi connectivity index (χ4n) is 2.83. The Morgan fingerprint density at radius 3 is 2.54 bits per heavy atom. The van der Waals surface area contributed by atoms with Crippen molar-refractivity contribution >= 4 is 21.9 Å². The molecule has 1 atom stereocenters. The summed E-state index contributed by atoms with van der Waals surface area (Å²) in [6, 6.07) is 18.8. The van der Waals surface area contributed by atoms with Crippen LogP contribution >= 0.6 is 15.9 Å². The Morgan fingerprint density at radius 1 is 1.07 bits per heavy atom. The normalized spacial score (nSPS) is 11.8. The molecule has 2 aromatic carbocycles. The molecule has 3 rings (SSSR count). The monoisotopic (exact) mass is 439 g/mol. The SMILES string of the molecule is CC[C@@H](C)COc1ccc(Br)cc1-c1ccccc1-c1cccc(C(=O)O)n1. The molecule has 4 nitrogen and oxygen atoms in total. The van der Waals surface area contributed by atoms with Crippen molar-refractivity contribution in [3.63, 3.8) is 0 Å². The first-order valence-electron chi connectivity index (χ1n) is 9.22. The highest BCUT2D eigenvalue weighted by Crippen LogP contribution is 2.38. The van der Waals surface area contributed by atoms with Crippen molar-refractivity contribution in [3.05, 3.63) is 70.8 Å². The van der Waals surface area contributed by atoms with E-state index >= 15 is 0 Å². The first kappa shape index (κ1) is 20.1. The molecular formula is C23H22BrNO3. The number of halogens is 1. The van der Waals surface area contributed by atoms with Gasteiger partial charge in [0.05, 0.1) is 12.3 Å². The predicted octanol–water partition coefficient (Wildman–Crippen LogP) is 6.30. The Kier molecular flexibility index (Phi) is 6.47. The highest BCUT2D eigenvalue weighted by Gasteiger charge is 2.15. The molecule has 1 aromatic heterocycles. The lowest BCUT2D eigenvalue weighted by Crippen LogP contribution is -2.08. The number of ether oxygens (including phenoxy) is 1. The van der Waals surface area contributed by atoms with Crippen molar-refractivity contribution in [1.29, 1.82) is 0 Å². The third kappa shape index (κ3) is 4.60. The standard InChI is InChI=1S/C23H22BrNO3/c1-3-15(2)14-28-22-12-11-16(24)13-19(22)17-7-4-5-8-18(17)20-9-6-10-21(25-20)23(26)27/h4-13,15H,3,14H2,1-2H3,(H,26,27)/t15-/m1/s1. The molecule has 144 valence electrons. The zero-order chi connectivity index (χ0) is 20.1. The first-order chi connectivity index (χ1) is 13.5. The van der Waals surface area contributed by atoms with Crippen molar-refractivity contribution < 1.29 is 14.6 Å². The zero-order valence-electron chi connectivity index (χ0n) is 15.9. The molecule has 0 fully saturated rings. The van der Waals surface area contributed by atoms with Crippen molar-refractivity contribution in [2.75, 3.05) is 6.61 Å². The van der Waals surface area contributed by atoms with Gasteiger partial charge in [-0.15, -0.1) is 0 Å². The van der Waals surface area contributed by atoms with Crippen LogP contribution in [0.15, 0.2) is 65.1 Å². The van der Waals surface area contributed by atoms with Crippen LogP contribution in [0.4, 0.5) is 0 Å². The van der Waals surface area contributed by atoms with Crippen molar-refractivity contribution in [2.45, 2.75) is 20.3 Å². The van der Waals surface area contributed by atoms with Crippen LogP contribution in [0.2, 0.25) is 0 Å². The number of aromatic carboxylic acids is 1. The predicted molar refractivity (Wildman–Crippen MR) is 115 cm³/mol. The summed E-state index contributed by atoms with van der Waals surface area (Å²) in [5, 5.41) is 9.28. The van der Waals surface area contributed by atoms with E-state index in [1.165, 1.54) is 6.07 Å². The molecule has 1 N–H and O–H groups in total. The number of carboxylic acid groups (broad SMARTS) is 1. The molecule has 0 saturated carbocycles. The number of carbonyl (C=O) groups is 1. The number of aromatic nitrogens is 1. The average molecular weight is 440 g/mol. The number of hydrogen-bond acceptors (Lipinski definition) is 3. The molecule has 0 aliphatic rings. The summed E-state index contributed by atoms with van der Waals surface area (Å²) in [6.45, 7) is 4.95. The van der Waals surface area contributed by atoms with Gasteiger partial charge < -0.3 is 9.84 Å². The maximum absolute atomic E-state index is 11.3. The van der Waals surface area contributed by atoms with Gasteiger partial charge in [0.2, 0.25) is 0 Å². The second-order valence-corrected chi connectivity index (χ2v) is 7.64. The molecule has 0 spiro atoms. The van der Waals surface area contributed by atoms with E-state index in [0.717, 1.165) is 33.3 Å². The van der Waals surface area contributed by atoms with Gasteiger partial charge in [-0.05, 0) is 41.8 Å². The molecular weight excluding hydrogens is 418 g/mol. The van der Waals surface area contributed by atoms with E-state index in [4.69, 9.17) is 4.74 Å². The number of rotatable bonds is 7. The Labute approximate surface area is 173 Å². The number of nitrogens with zero attached hydrogens (tertiary/aromatic N) is 1. The highest BCUT2D eigenvalue weighted by atomic mass is 79.9. The fraction of sp³-hybridized carbons (Fsp3) is 0.217. The highest BCUT2D eigenvalue weighted by molar-refractivity contribution is 9.10. The number of pyridine rings is 1. The molecule has 0 amide bonds. The smallest absolute Gasteiger partial charge is 0.354 e. The summed E-state index contributed by atoms with van der Waals surface area (Å²) >= 11 is 3.55. The summed E-state index contributed by atoms with van der Waals surface area (Å²) in [5.74, 6) is 0.213. The Morgan fingerprint density at radius 2 is 1.82 bits per heavy atom. The molecule has 1 heterocycles. The largest absolute Gasteiger partial charge is 0.493 e. The molecule has 0 aliphatic heterocycles. The van der Waals surface area contributed by atoms with E-state index in [2.05, 4.69) is 34.8 Å². The van der Waals surface area contributed by atoms with Crippen LogP contribution in [-0.2, 0) is 0 Å². The Hall–Kier alpha value is -2.66. The number of hydrogen-bond donors (Lipinski definition) is 1. The first-order valence-corrected chi connectivity index (χ1v) is 10.0. The molecule has 5 heteroatoms. The van der Waals surface area contributed by atoms with E-state index in [0.29, 0.717) is 18.2 Å². The maximum Gasteiger partial charge on any atom is 0.354 e. The molecule has 0 aliphatic carbocycles. The zero-order valence-corrected chi connectivity index (χ0v) is 17.4. The van der Waals surface area contributed by atoms with Crippen LogP contribution < -0.4 is 4.74 Å². The molecule has 0 bridgehead atoms. The van der Waals surface area contributed by atoms with Gasteiger partial charge in [-0.2, -0.15) is 0 Å². The summed E-state index contributed by atoms with van der Waals surface area (Å²) in [5.41, 5.74) is 3.38. The second-order valence-electron chi connectivity index (χ2n) is 6.72. The van der Waals surface area contributed by atoms with E-state index < -0.39 is 5.97 Å². The molecule has 0 unspecified atom stereocenters. The van der Waals surface area contributed by atoms with Gasteiger partial charge in [0.1, 0.15) is 11.4 Å². The number of carboxylic acids is 1. The molecule has 28 heavy (non-hydrogen) atoms. The quantitative estimate of drug-likeness (QED) is 0.468. The molecule has 3 aromatic rings. The van der Waals surface area contributed by atoms with Crippen molar-refractivity contribution in [1.82, 2.24) is 4.98 Å². The Bertz CT molecular complexity index is 987. The van der Waals surface area contributed by atoms with Gasteiger partial charge in [0.25, 0.3) is 0 Å². The van der Waals surface area contributed by atoms with Gasteiger partial charge in [-0.25, -0.2) is 9.78 Å². The topological polar surface area (TPSA) is 59.4 Å². The van der Waals surface area contributed by atoms with E-state index in [1.807, 2.05) is 48.5 Å². The van der Waals surface area contributed by atoms with Crippen LogP contribution in [0.3, 0.4) is 0 Å². The van der Waals surface area contributed by atoms with Crippen LogP contribution in [0.25, 0.3) is 22.4 Å². The van der Waals surface area contributed by atoms with E-state index in [9.17, 15) is 9.90 Å². The van der Waals surface area contributed by atoms with Crippen molar-refractivity contribution in [2.24, 2.45) is 5.92 Å². The van der Waals surface area contributed by atoms with Crippen LogP contribution in [-0.4, -0.2) is 22.7 Å². The summed E-state index contributed by atoms with van der Waals surface area (Å²) in [7, 11) is 0. The maximum atomic E-state index is 11.3. The van der Waals surface area contributed by atoms with E-state index in [1.54, 1.807) is 6.07 Å².